The minimum Gasteiger partial charge on any atom is -0.384 e. The fourth-order valence-electron chi connectivity index (χ4n) is 2.41. The number of halogens is 3. The van der Waals surface area contributed by atoms with Crippen molar-refractivity contribution in [1.82, 2.24) is 9.97 Å². The third-order valence-corrected chi connectivity index (χ3v) is 3.30. The summed E-state index contributed by atoms with van der Waals surface area (Å²) < 4.78 is 44.5. The van der Waals surface area contributed by atoms with E-state index in [1.807, 2.05) is 4.90 Å². The SMILES string of the molecule is Nc1cc(N2CCOCC2)c2c(C(F)(F)F)c[nH]c2n1. The van der Waals surface area contributed by atoms with Gasteiger partial charge in [-0.1, -0.05) is 0 Å². The molecule has 1 aliphatic rings. The van der Waals surface area contributed by atoms with Crippen molar-refractivity contribution in [2.45, 2.75) is 6.18 Å². The molecule has 20 heavy (non-hydrogen) atoms. The Kier molecular flexibility index (Phi) is 2.97. The highest BCUT2D eigenvalue weighted by Crippen LogP contribution is 2.39. The zero-order valence-electron chi connectivity index (χ0n) is 10.5. The Morgan fingerprint density at radius 2 is 2.00 bits per heavy atom. The number of ether oxygens (including phenoxy) is 1. The molecular weight excluding hydrogens is 273 g/mol. The summed E-state index contributed by atoms with van der Waals surface area (Å²) >= 11 is 0. The number of fused-ring (bicyclic) bond motifs is 1. The van der Waals surface area contributed by atoms with E-state index in [4.69, 9.17) is 10.5 Å². The molecule has 3 N–H and O–H groups in total. The van der Waals surface area contributed by atoms with Crippen molar-refractivity contribution in [3.63, 3.8) is 0 Å². The van der Waals surface area contributed by atoms with Crippen LogP contribution < -0.4 is 10.6 Å². The average Bonchev–Trinajstić information content (AvgIpc) is 2.82. The number of hydrogen-bond acceptors (Lipinski definition) is 4. The van der Waals surface area contributed by atoms with Crippen molar-refractivity contribution in [3.8, 4) is 0 Å². The van der Waals surface area contributed by atoms with Gasteiger partial charge in [-0.15, -0.1) is 0 Å². The Balaban J connectivity index is 2.20. The summed E-state index contributed by atoms with van der Waals surface area (Å²) in [5.41, 5.74) is 5.56. The third-order valence-electron chi connectivity index (χ3n) is 3.30. The highest BCUT2D eigenvalue weighted by molar-refractivity contribution is 5.95. The second-order valence-electron chi connectivity index (χ2n) is 4.59. The van der Waals surface area contributed by atoms with Crippen molar-refractivity contribution in [3.05, 3.63) is 17.8 Å². The summed E-state index contributed by atoms with van der Waals surface area (Å²) in [7, 11) is 0. The first-order valence-corrected chi connectivity index (χ1v) is 6.14. The zero-order valence-corrected chi connectivity index (χ0v) is 10.5. The van der Waals surface area contributed by atoms with E-state index in [1.165, 1.54) is 6.07 Å². The topological polar surface area (TPSA) is 67.2 Å². The first-order valence-electron chi connectivity index (χ1n) is 6.14. The first kappa shape index (κ1) is 13.0. The third kappa shape index (κ3) is 2.15. The molecule has 3 rings (SSSR count). The lowest BCUT2D eigenvalue weighted by Gasteiger charge is -2.29. The van der Waals surface area contributed by atoms with Crippen LogP contribution in [0.15, 0.2) is 12.3 Å². The van der Waals surface area contributed by atoms with Crippen molar-refractivity contribution < 1.29 is 17.9 Å². The van der Waals surface area contributed by atoms with Gasteiger partial charge in [-0.3, -0.25) is 0 Å². The van der Waals surface area contributed by atoms with E-state index in [0.717, 1.165) is 6.20 Å². The smallest absolute Gasteiger partial charge is 0.384 e. The molecule has 8 heteroatoms. The number of nitrogens with one attached hydrogen (secondary N) is 1. The van der Waals surface area contributed by atoms with Crippen molar-refractivity contribution in [2.75, 3.05) is 36.9 Å². The predicted octanol–water partition coefficient (Wildman–Crippen LogP) is 2.00. The number of nitrogen functional groups attached to an aromatic ring is 1. The Morgan fingerprint density at radius 1 is 1.30 bits per heavy atom. The molecule has 3 heterocycles. The quantitative estimate of drug-likeness (QED) is 0.841. The lowest BCUT2D eigenvalue weighted by molar-refractivity contribution is -0.136. The molecule has 0 spiro atoms. The lowest BCUT2D eigenvalue weighted by Crippen LogP contribution is -2.36. The number of pyridine rings is 1. The van der Waals surface area contributed by atoms with Gasteiger partial charge in [0.05, 0.1) is 29.9 Å². The van der Waals surface area contributed by atoms with Crippen molar-refractivity contribution in [2.24, 2.45) is 0 Å². The number of nitrogens with zero attached hydrogens (tertiary/aromatic N) is 2. The highest BCUT2D eigenvalue weighted by Gasteiger charge is 2.35. The molecule has 1 saturated heterocycles. The fraction of sp³-hybridized carbons (Fsp3) is 0.417. The largest absolute Gasteiger partial charge is 0.418 e. The van der Waals surface area contributed by atoms with E-state index in [1.54, 1.807) is 0 Å². The van der Waals surface area contributed by atoms with E-state index < -0.39 is 11.7 Å². The number of hydrogen-bond donors (Lipinski definition) is 2. The number of aromatic nitrogens is 2. The average molecular weight is 286 g/mol. The van der Waals surface area contributed by atoms with Crippen LogP contribution in [0, 0.1) is 0 Å². The molecule has 5 nitrogen and oxygen atoms in total. The van der Waals surface area contributed by atoms with Gasteiger partial charge in [0.25, 0.3) is 0 Å². The summed E-state index contributed by atoms with van der Waals surface area (Å²) in [6.07, 6.45) is -3.50. The minimum atomic E-state index is -4.43. The molecule has 0 atom stereocenters. The van der Waals surface area contributed by atoms with Crippen LogP contribution in [0.3, 0.4) is 0 Å². The van der Waals surface area contributed by atoms with Gasteiger partial charge in [0.15, 0.2) is 0 Å². The molecule has 0 amide bonds. The van der Waals surface area contributed by atoms with Gasteiger partial charge in [-0.25, -0.2) is 4.98 Å². The van der Waals surface area contributed by atoms with E-state index in [-0.39, 0.29) is 16.9 Å². The molecule has 0 saturated carbocycles. The Morgan fingerprint density at radius 3 is 2.65 bits per heavy atom. The van der Waals surface area contributed by atoms with Gasteiger partial charge >= 0.3 is 6.18 Å². The fourth-order valence-corrected chi connectivity index (χ4v) is 2.41. The second kappa shape index (κ2) is 4.55. The van der Waals surface area contributed by atoms with Crippen LogP contribution in [0.4, 0.5) is 24.7 Å². The number of rotatable bonds is 1. The van der Waals surface area contributed by atoms with Gasteiger partial charge in [0, 0.05) is 25.4 Å². The summed E-state index contributed by atoms with van der Waals surface area (Å²) in [4.78, 5) is 8.32. The Bertz CT molecular complexity index is 631. The molecule has 0 radical (unpaired) electrons. The van der Waals surface area contributed by atoms with Crippen LogP contribution in [-0.2, 0) is 10.9 Å². The number of anilines is 2. The molecule has 0 bridgehead atoms. The monoisotopic (exact) mass is 286 g/mol. The summed E-state index contributed by atoms with van der Waals surface area (Å²) in [5.74, 6) is 0.189. The molecule has 108 valence electrons. The van der Waals surface area contributed by atoms with Crippen LogP contribution in [0.5, 0.6) is 0 Å². The van der Waals surface area contributed by atoms with Gasteiger partial charge < -0.3 is 20.4 Å². The van der Waals surface area contributed by atoms with Gasteiger partial charge in [0.1, 0.15) is 11.5 Å². The summed E-state index contributed by atoms with van der Waals surface area (Å²) in [5, 5.41) is 0.0635. The maximum atomic E-state index is 13.1. The Hall–Kier alpha value is -1.96. The van der Waals surface area contributed by atoms with Gasteiger partial charge in [-0.2, -0.15) is 13.2 Å². The van der Waals surface area contributed by atoms with Crippen LogP contribution in [0.2, 0.25) is 0 Å². The van der Waals surface area contributed by atoms with Gasteiger partial charge in [-0.05, 0) is 0 Å². The molecule has 0 aromatic carbocycles. The Labute approximate surface area is 112 Å². The summed E-state index contributed by atoms with van der Waals surface area (Å²) in [6, 6.07) is 1.48. The van der Waals surface area contributed by atoms with Crippen LogP contribution in [-0.4, -0.2) is 36.3 Å². The van der Waals surface area contributed by atoms with E-state index in [0.29, 0.717) is 32.0 Å². The summed E-state index contributed by atoms with van der Waals surface area (Å²) in [6.45, 7) is 2.02. The molecule has 1 fully saturated rings. The maximum Gasteiger partial charge on any atom is 0.418 e. The van der Waals surface area contributed by atoms with E-state index >= 15 is 0 Å². The highest BCUT2D eigenvalue weighted by atomic mass is 19.4. The van der Waals surface area contributed by atoms with Crippen LogP contribution in [0.1, 0.15) is 5.56 Å². The number of aromatic amines is 1. The number of alkyl halides is 3. The molecule has 2 aromatic heterocycles. The number of H-pyrrole nitrogens is 1. The first-order chi connectivity index (χ1) is 9.47. The van der Waals surface area contributed by atoms with E-state index in [2.05, 4.69) is 9.97 Å². The van der Waals surface area contributed by atoms with Crippen LogP contribution in [0.25, 0.3) is 11.0 Å². The second-order valence-corrected chi connectivity index (χ2v) is 4.59. The van der Waals surface area contributed by atoms with Crippen molar-refractivity contribution >= 4 is 22.5 Å². The van der Waals surface area contributed by atoms with Gasteiger partial charge in [0.2, 0.25) is 0 Å². The maximum absolute atomic E-state index is 13.1. The lowest BCUT2D eigenvalue weighted by atomic mass is 10.1. The van der Waals surface area contributed by atoms with Crippen molar-refractivity contribution in [1.29, 1.82) is 0 Å². The minimum absolute atomic E-state index is 0.0635. The normalized spacial score (nSPS) is 16.9. The number of morpholine rings is 1. The molecular formula is C12H13F3N4O. The predicted molar refractivity (Wildman–Crippen MR) is 68.5 cm³/mol. The molecule has 0 aliphatic carbocycles. The molecule has 1 aliphatic heterocycles. The molecule has 0 unspecified atom stereocenters. The van der Waals surface area contributed by atoms with Crippen LogP contribution >= 0.6 is 0 Å². The van der Waals surface area contributed by atoms with E-state index in [9.17, 15) is 13.2 Å². The number of nitrogens with two attached hydrogens (primary N) is 1. The zero-order chi connectivity index (χ0) is 14.3. The standard InChI is InChI=1S/C12H13F3N4O/c13-12(14,15)7-6-17-11-10(7)8(5-9(16)18-11)19-1-3-20-4-2-19/h5-6H,1-4H2,(H3,16,17,18). The molecule has 2 aromatic rings.